The van der Waals surface area contributed by atoms with E-state index in [1.165, 1.54) is 0 Å². The van der Waals surface area contributed by atoms with Crippen molar-refractivity contribution in [2.24, 2.45) is 11.8 Å². The third-order valence-corrected chi connectivity index (χ3v) is 6.57. The molecule has 1 amide bonds. The lowest BCUT2D eigenvalue weighted by molar-refractivity contribution is -0.201. The number of alkyl halides is 3. The number of amides is 1. The first-order chi connectivity index (χ1) is 13.6. The van der Waals surface area contributed by atoms with Gasteiger partial charge in [-0.15, -0.1) is 6.58 Å². The highest BCUT2D eigenvalue weighted by molar-refractivity contribution is 5.87. The number of nitrogens with zero attached hydrogens (tertiary/aromatic N) is 1. The fourth-order valence-corrected chi connectivity index (χ4v) is 5.23. The Hall–Kier alpha value is -1.79. The molecule has 4 nitrogen and oxygen atoms in total. The van der Waals surface area contributed by atoms with Crippen molar-refractivity contribution in [1.29, 1.82) is 0 Å². The highest BCUT2D eigenvalue weighted by Crippen LogP contribution is 2.52. The van der Waals surface area contributed by atoms with Crippen LogP contribution < -0.4 is 0 Å². The molecule has 2 aliphatic rings. The van der Waals surface area contributed by atoms with E-state index in [-0.39, 0.29) is 24.9 Å². The van der Waals surface area contributed by atoms with Gasteiger partial charge in [-0.05, 0) is 64.2 Å². The zero-order chi connectivity index (χ0) is 21.8. The minimum Gasteiger partial charge on any atom is -0.463 e. The molecule has 29 heavy (non-hydrogen) atoms. The van der Waals surface area contributed by atoms with E-state index in [2.05, 4.69) is 6.58 Å². The van der Waals surface area contributed by atoms with E-state index < -0.39 is 29.6 Å². The molecule has 1 spiro atoms. The average Bonchev–Trinajstić information content (AvgIpc) is 3.08. The van der Waals surface area contributed by atoms with Gasteiger partial charge in [-0.25, -0.2) is 4.79 Å². The van der Waals surface area contributed by atoms with Crippen LogP contribution in [-0.2, 0) is 14.3 Å². The Kier molecular flexibility index (Phi) is 7.57. The Morgan fingerprint density at radius 2 is 1.90 bits per heavy atom. The van der Waals surface area contributed by atoms with Crippen molar-refractivity contribution in [3.05, 3.63) is 24.3 Å². The lowest BCUT2D eigenvalue weighted by Crippen LogP contribution is -2.64. The molecule has 0 N–H and O–H groups in total. The fourth-order valence-electron chi connectivity index (χ4n) is 5.23. The van der Waals surface area contributed by atoms with Crippen LogP contribution in [0, 0.1) is 11.8 Å². The van der Waals surface area contributed by atoms with E-state index in [1.54, 1.807) is 26.0 Å². The summed E-state index contributed by atoms with van der Waals surface area (Å²) in [6, 6.07) is -0.583. The molecule has 1 saturated heterocycles. The summed E-state index contributed by atoms with van der Waals surface area (Å²) in [5.74, 6) is -2.25. The van der Waals surface area contributed by atoms with E-state index in [0.29, 0.717) is 24.8 Å². The maximum absolute atomic E-state index is 13.6. The van der Waals surface area contributed by atoms with Gasteiger partial charge in [0.2, 0.25) is 0 Å². The SMILES string of the molecule is C=C[C@H](C)[C@H]1CCC[C@]12CCC[C@H](C/C=C(\C)C(=O)OCC)N2C(=O)C(F)(F)F. The van der Waals surface area contributed by atoms with Gasteiger partial charge in [-0.2, -0.15) is 13.2 Å². The van der Waals surface area contributed by atoms with E-state index >= 15 is 0 Å². The molecule has 1 heterocycles. The zero-order valence-corrected chi connectivity index (χ0v) is 17.6. The Labute approximate surface area is 171 Å². The predicted molar refractivity (Wildman–Crippen MR) is 105 cm³/mol. The molecule has 0 aromatic heterocycles. The number of hydrogen-bond acceptors (Lipinski definition) is 3. The summed E-state index contributed by atoms with van der Waals surface area (Å²) in [4.78, 5) is 25.6. The maximum Gasteiger partial charge on any atom is 0.471 e. The predicted octanol–water partition coefficient (Wildman–Crippen LogP) is 5.19. The number of carbonyl (C=O) groups excluding carboxylic acids is 2. The molecule has 4 atom stereocenters. The Morgan fingerprint density at radius 1 is 1.28 bits per heavy atom. The van der Waals surface area contributed by atoms with Crippen molar-refractivity contribution >= 4 is 11.9 Å². The first-order valence-corrected chi connectivity index (χ1v) is 10.5. The largest absolute Gasteiger partial charge is 0.471 e. The molecule has 2 fully saturated rings. The molecule has 0 radical (unpaired) electrons. The van der Waals surface area contributed by atoms with Crippen molar-refractivity contribution < 1.29 is 27.5 Å². The van der Waals surface area contributed by atoms with E-state index in [9.17, 15) is 22.8 Å². The minimum atomic E-state index is -4.92. The van der Waals surface area contributed by atoms with Crippen LogP contribution in [0.25, 0.3) is 0 Å². The van der Waals surface area contributed by atoms with Gasteiger partial charge >= 0.3 is 18.1 Å². The number of ether oxygens (including phenoxy) is 1. The van der Waals surface area contributed by atoms with Crippen LogP contribution >= 0.6 is 0 Å². The maximum atomic E-state index is 13.6. The second kappa shape index (κ2) is 9.35. The van der Waals surface area contributed by atoms with E-state index in [0.717, 1.165) is 24.2 Å². The first-order valence-electron chi connectivity index (χ1n) is 10.5. The van der Waals surface area contributed by atoms with Gasteiger partial charge in [0, 0.05) is 17.2 Å². The lowest BCUT2D eigenvalue weighted by atomic mass is 9.71. The van der Waals surface area contributed by atoms with Gasteiger partial charge < -0.3 is 9.64 Å². The Balaban J connectivity index is 2.40. The molecular formula is C22H32F3NO3. The van der Waals surface area contributed by atoms with Crippen LogP contribution in [0.3, 0.4) is 0 Å². The van der Waals surface area contributed by atoms with Crippen LogP contribution in [-0.4, -0.2) is 41.1 Å². The van der Waals surface area contributed by atoms with Gasteiger partial charge in [0.1, 0.15) is 0 Å². The number of likely N-dealkylation sites (tertiary alicyclic amines) is 1. The average molecular weight is 415 g/mol. The molecular weight excluding hydrogens is 383 g/mol. The lowest BCUT2D eigenvalue weighted by Gasteiger charge is -2.54. The first kappa shape index (κ1) is 23.5. The monoisotopic (exact) mass is 415 g/mol. The summed E-state index contributed by atoms with van der Waals surface area (Å²) in [6.45, 7) is 9.31. The number of hydrogen-bond donors (Lipinski definition) is 0. The van der Waals surface area contributed by atoms with Crippen LogP contribution in [0.1, 0.15) is 65.7 Å². The zero-order valence-electron chi connectivity index (χ0n) is 17.6. The summed E-state index contributed by atoms with van der Waals surface area (Å²) in [5.41, 5.74) is -0.442. The molecule has 164 valence electrons. The number of rotatable bonds is 6. The van der Waals surface area contributed by atoms with Gasteiger partial charge in [-0.3, -0.25) is 4.79 Å². The summed E-state index contributed by atoms with van der Waals surface area (Å²) in [5, 5.41) is 0. The number of esters is 1. The molecule has 7 heteroatoms. The van der Waals surface area contributed by atoms with Gasteiger partial charge in [-0.1, -0.05) is 25.5 Å². The molecule has 0 bridgehead atoms. The number of allylic oxidation sites excluding steroid dienone is 1. The number of halogens is 3. The Bertz CT molecular complexity index is 658. The molecule has 0 aromatic rings. The summed E-state index contributed by atoms with van der Waals surface area (Å²) < 4.78 is 45.7. The van der Waals surface area contributed by atoms with Gasteiger partial charge in [0.15, 0.2) is 0 Å². The van der Waals surface area contributed by atoms with Crippen LogP contribution in [0.15, 0.2) is 24.3 Å². The van der Waals surface area contributed by atoms with Crippen molar-refractivity contribution in [2.45, 2.75) is 83.5 Å². The fraction of sp³-hybridized carbons (Fsp3) is 0.727. The molecule has 2 rings (SSSR count). The second-order valence-corrected chi connectivity index (χ2v) is 8.26. The molecule has 0 unspecified atom stereocenters. The van der Waals surface area contributed by atoms with Crippen molar-refractivity contribution in [2.75, 3.05) is 6.61 Å². The minimum absolute atomic E-state index is 0.0246. The van der Waals surface area contributed by atoms with Gasteiger partial charge in [0.05, 0.1) is 6.61 Å². The third kappa shape index (κ3) is 4.86. The van der Waals surface area contributed by atoms with Crippen LogP contribution in [0.5, 0.6) is 0 Å². The third-order valence-electron chi connectivity index (χ3n) is 6.57. The van der Waals surface area contributed by atoms with Gasteiger partial charge in [0.25, 0.3) is 0 Å². The normalized spacial score (nSPS) is 29.0. The number of carbonyl (C=O) groups is 2. The van der Waals surface area contributed by atoms with Crippen LogP contribution in [0.2, 0.25) is 0 Å². The van der Waals surface area contributed by atoms with E-state index in [1.807, 2.05) is 6.92 Å². The Morgan fingerprint density at radius 3 is 2.45 bits per heavy atom. The topological polar surface area (TPSA) is 46.6 Å². The molecule has 1 aliphatic heterocycles. The highest BCUT2D eigenvalue weighted by atomic mass is 19.4. The molecule has 0 aromatic carbocycles. The summed E-state index contributed by atoms with van der Waals surface area (Å²) >= 11 is 0. The molecule has 1 saturated carbocycles. The quantitative estimate of drug-likeness (QED) is 0.341. The van der Waals surface area contributed by atoms with Crippen molar-refractivity contribution in [3.63, 3.8) is 0 Å². The standard InChI is InChI=1S/C22H32F3NO3/c1-5-15(3)18-10-8-14-21(18)13-7-9-17(26(21)20(28)22(23,24)25)12-11-16(4)19(27)29-6-2/h5,11,15,17-18H,1,6-10,12-14H2,2-4H3/b16-11+/t15-,17+,18+,21+/m0/s1. The second-order valence-electron chi connectivity index (χ2n) is 8.26. The van der Waals surface area contributed by atoms with E-state index in [4.69, 9.17) is 4.74 Å². The van der Waals surface area contributed by atoms with Crippen molar-refractivity contribution in [3.8, 4) is 0 Å². The highest BCUT2D eigenvalue weighted by Gasteiger charge is 2.58. The number of piperidine rings is 1. The molecule has 1 aliphatic carbocycles. The van der Waals surface area contributed by atoms with Crippen LogP contribution in [0.4, 0.5) is 13.2 Å². The van der Waals surface area contributed by atoms with Crippen molar-refractivity contribution in [1.82, 2.24) is 4.90 Å². The smallest absolute Gasteiger partial charge is 0.463 e. The summed E-state index contributed by atoms with van der Waals surface area (Å²) in [7, 11) is 0. The summed E-state index contributed by atoms with van der Waals surface area (Å²) in [6.07, 6.45) is 2.68.